The van der Waals surface area contributed by atoms with Gasteiger partial charge in [0.25, 0.3) is 5.91 Å². The van der Waals surface area contributed by atoms with Gasteiger partial charge in [-0.3, -0.25) is 14.9 Å². The number of hydrogen-bond acceptors (Lipinski definition) is 5. The fraction of sp³-hybridized carbons (Fsp3) is 0.150. The van der Waals surface area contributed by atoms with Crippen LogP contribution in [-0.2, 0) is 4.79 Å². The number of carbonyl (C=O) groups excluding carboxylic acids is 2. The molecule has 3 aromatic rings. The van der Waals surface area contributed by atoms with Crippen LogP contribution in [0.25, 0.3) is 11.3 Å². The van der Waals surface area contributed by atoms with E-state index in [0.29, 0.717) is 11.3 Å². The van der Waals surface area contributed by atoms with Crippen LogP contribution in [0.2, 0.25) is 0 Å². The van der Waals surface area contributed by atoms with Crippen molar-refractivity contribution in [3.05, 3.63) is 58.7 Å². The molecule has 0 bridgehead atoms. The second-order valence-corrected chi connectivity index (χ2v) is 7.36. The van der Waals surface area contributed by atoms with Crippen LogP contribution in [0.3, 0.4) is 0 Å². The summed E-state index contributed by atoms with van der Waals surface area (Å²) in [5.41, 5.74) is 1.23. The van der Waals surface area contributed by atoms with Crippen molar-refractivity contribution in [2.24, 2.45) is 0 Å². The largest absolute Gasteiger partial charge is 0.435 e. The summed E-state index contributed by atoms with van der Waals surface area (Å²) < 4.78 is 42.9. The fourth-order valence-corrected chi connectivity index (χ4v) is 3.49. The van der Waals surface area contributed by atoms with Crippen LogP contribution in [0.15, 0.2) is 42.5 Å². The Morgan fingerprint density at radius 1 is 1.10 bits per heavy atom. The predicted octanol–water partition coefficient (Wildman–Crippen LogP) is 5.07. The highest BCUT2D eigenvalue weighted by atomic mass is 32.1. The fourth-order valence-electron chi connectivity index (χ4n) is 2.66. The van der Waals surface area contributed by atoms with Crippen LogP contribution in [0, 0.1) is 12.7 Å². The third-order valence-corrected chi connectivity index (χ3v) is 4.79. The van der Waals surface area contributed by atoms with E-state index in [0.717, 1.165) is 10.9 Å². The molecule has 0 saturated heterocycles. The second-order valence-electron chi connectivity index (χ2n) is 6.16. The molecule has 0 aliphatic heterocycles. The number of anilines is 2. The minimum atomic E-state index is -2.91. The molecule has 3 rings (SSSR count). The van der Waals surface area contributed by atoms with Gasteiger partial charge >= 0.3 is 6.61 Å². The average molecular weight is 435 g/mol. The quantitative estimate of drug-likeness (QED) is 0.567. The maximum Gasteiger partial charge on any atom is 0.387 e. The smallest absolute Gasteiger partial charge is 0.387 e. The number of carbonyl (C=O) groups is 2. The SMILES string of the molecule is CC(=O)Nc1ccc(F)c(C(=O)Nc2nc(-c3ccc(OC(F)F)cc3)c(C)s2)c1. The Hall–Kier alpha value is -3.40. The zero-order chi connectivity index (χ0) is 21.8. The summed E-state index contributed by atoms with van der Waals surface area (Å²) >= 11 is 1.18. The van der Waals surface area contributed by atoms with Crippen molar-refractivity contribution in [2.45, 2.75) is 20.5 Å². The third kappa shape index (κ3) is 5.15. The van der Waals surface area contributed by atoms with Gasteiger partial charge in [0, 0.05) is 23.1 Å². The number of nitrogens with zero attached hydrogens (tertiary/aromatic N) is 1. The van der Waals surface area contributed by atoms with E-state index in [1.54, 1.807) is 19.1 Å². The molecule has 2 amide bonds. The Bertz CT molecular complexity index is 1080. The summed E-state index contributed by atoms with van der Waals surface area (Å²) in [5.74, 6) is -1.80. The molecule has 1 aromatic heterocycles. The van der Waals surface area contributed by atoms with Gasteiger partial charge in [-0.2, -0.15) is 8.78 Å². The number of hydrogen-bond donors (Lipinski definition) is 2. The number of ether oxygens (including phenoxy) is 1. The van der Waals surface area contributed by atoms with E-state index < -0.39 is 18.3 Å². The van der Waals surface area contributed by atoms with Crippen molar-refractivity contribution in [2.75, 3.05) is 10.6 Å². The van der Waals surface area contributed by atoms with Crippen molar-refractivity contribution in [3.8, 4) is 17.0 Å². The molecule has 0 aliphatic carbocycles. The number of rotatable bonds is 6. The molecule has 6 nitrogen and oxygen atoms in total. The molecule has 30 heavy (non-hydrogen) atoms. The summed E-state index contributed by atoms with van der Waals surface area (Å²) in [6.45, 7) is 0.169. The average Bonchev–Trinajstić information content (AvgIpc) is 3.03. The standard InChI is InChI=1S/C20H16F3N3O3S/c1-10-17(12-3-6-14(7-4-12)29-19(22)23)25-20(30-10)26-18(28)15-9-13(24-11(2)27)5-8-16(15)21/h3-9,19H,1-2H3,(H,24,27)(H,25,26,28). The van der Waals surface area contributed by atoms with Gasteiger partial charge in [-0.05, 0) is 49.4 Å². The zero-order valence-electron chi connectivity index (χ0n) is 15.8. The molecule has 1 heterocycles. The first-order chi connectivity index (χ1) is 14.2. The highest BCUT2D eigenvalue weighted by Gasteiger charge is 2.17. The van der Waals surface area contributed by atoms with Crippen LogP contribution in [0.4, 0.5) is 24.0 Å². The van der Waals surface area contributed by atoms with E-state index in [4.69, 9.17) is 0 Å². The molecular formula is C20H16F3N3O3S. The number of benzene rings is 2. The molecule has 2 N–H and O–H groups in total. The monoisotopic (exact) mass is 435 g/mol. The first kappa shape index (κ1) is 21.3. The van der Waals surface area contributed by atoms with E-state index in [-0.39, 0.29) is 28.0 Å². The van der Waals surface area contributed by atoms with Gasteiger partial charge in [0.1, 0.15) is 11.6 Å². The minimum absolute atomic E-state index is 0.0182. The molecule has 0 spiro atoms. The summed E-state index contributed by atoms with van der Waals surface area (Å²) in [6.07, 6.45) is 0. The number of aryl methyl sites for hydroxylation is 1. The minimum Gasteiger partial charge on any atom is -0.435 e. The Morgan fingerprint density at radius 3 is 2.43 bits per heavy atom. The molecule has 0 aliphatic rings. The molecule has 0 atom stereocenters. The summed E-state index contributed by atoms with van der Waals surface area (Å²) in [6, 6.07) is 9.59. The van der Waals surface area contributed by atoms with Gasteiger partial charge in [0.05, 0.1) is 11.3 Å². The zero-order valence-corrected chi connectivity index (χ0v) is 16.6. The number of halogens is 3. The predicted molar refractivity (Wildman–Crippen MR) is 108 cm³/mol. The lowest BCUT2D eigenvalue weighted by Gasteiger charge is -2.07. The Kier molecular flexibility index (Phi) is 6.36. The van der Waals surface area contributed by atoms with Gasteiger partial charge in [0.15, 0.2) is 5.13 Å². The number of alkyl halides is 2. The lowest BCUT2D eigenvalue weighted by atomic mass is 10.1. The van der Waals surface area contributed by atoms with Crippen LogP contribution in [0.5, 0.6) is 5.75 Å². The van der Waals surface area contributed by atoms with Crippen LogP contribution >= 0.6 is 11.3 Å². The molecule has 10 heteroatoms. The Morgan fingerprint density at radius 2 is 1.80 bits per heavy atom. The van der Waals surface area contributed by atoms with Crippen LogP contribution in [0.1, 0.15) is 22.2 Å². The number of amides is 2. The first-order valence-corrected chi connectivity index (χ1v) is 9.45. The van der Waals surface area contributed by atoms with Gasteiger partial charge in [-0.1, -0.05) is 0 Å². The van der Waals surface area contributed by atoms with Gasteiger partial charge < -0.3 is 10.1 Å². The van der Waals surface area contributed by atoms with Gasteiger partial charge in [-0.25, -0.2) is 9.37 Å². The lowest BCUT2D eigenvalue weighted by molar-refractivity contribution is -0.114. The van der Waals surface area contributed by atoms with Crippen molar-refractivity contribution in [1.29, 1.82) is 0 Å². The maximum atomic E-state index is 14.1. The second kappa shape index (κ2) is 8.95. The third-order valence-electron chi connectivity index (χ3n) is 3.90. The van der Waals surface area contributed by atoms with E-state index in [2.05, 4.69) is 20.4 Å². The molecule has 2 aromatic carbocycles. The van der Waals surface area contributed by atoms with Crippen molar-refractivity contribution >= 4 is 34.0 Å². The van der Waals surface area contributed by atoms with E-state index in [1.807, 2.05) is 0 Å². The normalized spacial score (nSPS) is 10.7. The van der Waals surface area contributed by atoms with Gasteiger partial charge in [-0.15, -0.1) is 11.3 Å². The van der Waals surface area contributed by atoms with E-state index in [1.165, 1.54) is 42.5 Å². The summed E-state index contributed by atoms with van der Waals surface area (Å²) in [5, 5.41) is 5.27. The molecule has 0 unspecified atom stereocenters. The highest BCUT2D eigenvalue weighted by molar-refractivity contribution is 7.16. The molecule has 0 radical (unpaired) electrons. The lowest BCUT2D eigenvalue weighted by Crippen LogP contribution is -2.15. The topological polar surface area (TPSA) is 80.3 Å². The molecule has 0 fully saturated rings. The maximum absolute atomic E-state index is 14.1. The Balaban J connectivity index is 1.79. The van der Waals surface area contributed by atoms with Crippen LogP contribution in [-0.4, -0.2) is 23.4 Å². The van der Waals surface area contributed by atoms with Crippen LogP contribution < -0.4 is 15.4 Å². The Labute approximate surface area is 173 Å². The summed E-state index contributed by atoms with van der Waals surface area (Å²) in [7, 11) is 0. The van der Waals surface area contributed by atoms with Crippen molar-refractivity contribution in [3.63, 3.8) is 0 Å². The van der Waals surface area contributed by atoms with Crippen molar-refractivity contribution < 1.29 is 27.5 Å². The van der Waals surface area contributed by atoms with Gasteiger partial charge in [0.2, 0.25) is 5.91 Å². The molecule has 156 valence electrons. The highest BCUT2D eigenvalue weighted by Crippen LogP contribution is 2.32. The number of nitrogens with one attached hydrogen (secondary N) is 2. The summed E-state index contributed by atoms with van der Waals surface area (Å²) in [4.78, 5) is 28.8. The van der Waals surface area contributed by atoms with Crippen molar-refractivity contribution in [1.82, 2.24) is 4.98 Å². The number of thiazole rings is 1. The van der Waals surface area contributed by atoms with E-state index >= 15 is 0 Å². The molecule has 0 saturated carbocycles. The molecular weight excluding hydrogens is 419 g/mol. The van der Waals surface area contributed by atoms with E-state index in [9.17, 15) is 22.8 Å². The number of aromatic nitrogens is 1. The first-order valence-electron chi connectivity index (χ1n) is 8.64.